The summed E-state index contributed by atoms with van der Waals surface area (Å²) < 4.78 is 13.5. The molecule has 1 aromatic carbocycles. The summed E-state index contributed by atoms with van der Waals surface area (Å²) in [5.74, 6) is -1.90. The van der Waals surface area contributed by atoms with Crippen LogP contribution >= 0.6 is 0 Å². The molecule has 0 aromatic heterocycles. The van der Waals surface area contributed by atoms with Crippen LogP contribution < -0.4 is 5.32 Å². The minimum Gasteiger partial charge on any atom is -0.354 e. The predicted molar refractivity (Wildman–Crippen MR) is 85.2 cm³/mol. The van der Waals surface area contributed by atoms with Crippen LogP contribution in [0.1, 0.15) is 18.4 Å². The fourth-order valence-corrected chi connectivity index (χ4v) is 3.26. The number of nitrogens with zero attached hydrogens (tertiary/aromatic N) is 1. The van der Waals surface area contributed by atoms with E-state index in [9.17, 15) is 18.8 Å². The molecule has 0 spiro atoms. The van der Waals surface area contributed by atoms with Crippen LogP contribution in [-0.4, -0.2) is 35.7 Å². The van der Waals surface area contributed by atoms with E-state index in [1.54, 1.807) is 18.2 Å². The normalized spacial score (nSPS) is 22.6. The minimum atomic E-state index is -0.403. The van der Waals surface area contributed by atoms with E-state index in [0.717, 1.165) is 4.90 Å². The van der Waals surface area contributed by atoms with Crippen LogP contribution in [0.25, 0.3) is 0 Å². The summed E-state index contributed by atoms with van der Waals surface area (Å²) in [6, 6.07) is 6.37. The summed E-state index contributed by atoms with van der Waals surface area (Å²) >= 11 is 0. The zero-order chi connectivity index (χ0) is 17.1. The molecule has 2 atom stereocenters. The van der Waals surface area contributed by atoms with E-state index in [1.165, 1.54) is 6.07 Å². The van der Waals surface area contributed by atoms with E-state index in [1.807, 2.05) is 12.2 Å². The molecule has 5 nitrogen and oxygen atoms in total. The summed E-state index contributed by atoms with van der Waals surface area (Å²) in [5.41, 5.74) is 0.517. The van der Waals surface area contributed by atoms with Crippen LogP contribution in [0.15, 0.2) is 36.4 Å². The van der Waals surface area contributed by atoms with Gasteiger partial charge in [0.15, 0.2) is 0 Å². The molecular weight excluding hydrogens is 311 g/mol. The van der Waals surface area contributed by atoms with Crippen molar-refractivity contribution in [1.82, 2.24) is 10.2 Å². The van der Waals surface area contributed by atoms with Gasteiger partial charge in [0.05, 0.1) is 11.8 Å². The van der Waals surface area contributed by atoms with Gasteiger partial charge in [0.1, 0.15) is 12.4 Å². The number of hydrogen-bond acceptors (Lipinski definition) is 3. The average molecular weight is 330 g/mol. The van der Waals surface area contributed by atoms with Crippen LogP contribution in [0.5, 0.6) is 0 Å². The lowest BCUT2D eigenvalue weighted by Crippen LogP contribution is -2.41. The second-order valence-electron chi connectivity index (χ2n) is 6.11. The molecule has 3 rings (SSSR count). The first-order chi connectivity index (χ1) is 11.6. The molecule has 0 radical (unpaired) electrons. The number of carbonyl (C=O) groups excluding carboxylic acids is 3. The van der Waals surface area contributed by atoms with Crippen molar-refractivity contribution in [3.8, 4) is 0 Å². The van der Waals surface area contributed by atoms with E-state index in [0.29, 0.717) is 24.8 Å². The highest BCUT2D eigenvalue weighted by Gasteiger charge is 2.47. The Bertz CT molecular complexity index is 675. The number of likely N-dealkylation sites (tertiary alicyclic amines) is 1. The van der Waals surface area contributed by atoms with Gasteiger partial charge >= 0.3 is 0 Å². The molecule has 3 amide bonds. The van der Waals surface area contributed by atoms with Crippen LogP contribution in [0.3, 0.4) is 0 Å². The molecule has 126 valence electrons. The molecule has 2 unspecified atom stereocenters. The van der Waals surface area contributed by atoms with Gasteiger partial charge in [-0.1, -0.05) is 30.4 Å². The van der Waals surface area contributed by atoms with Gasteiger partial charge in [0.25, 0.3) is 0 Å². The van der Waals surface area contributed by atoms with Gasteiger partial charge in [-0.05, 0) is 30.9 Å². The molecule has 0 saturated carbocycles. The van der Waals surface area contributed by atoms with Crippen molar-refractivity contribution >= 4 is 17.7 Å². The maximum absolute atomic E-state index is 13.5. The molecule has 1 saturated heterocycles. The van der Waals surface area contributed by atoms with Crippen LogP contribution in [-0.2, 0) is 20.8 Å². The molecule has 1 heterocycles. The third kappa shape index (κ3) is 3.22. The summed E-state index contributed by atoms with van der Waals surface area (Å²) in [4.78, 5) is 37.6. The zero-order valence-electron chi connectivity index (χ0n) is 13.2. The van der Waals surface area contributed by atoms with Gasteiger partial charge in [-0.2, -0.15) is 0 Å². The lowest BCUT2D eigenvalue weighted by Gasteiger charge is -2.14. The Morgan fingerprint density at radius 3 is 2.38 bits per heavy atom. The smallest absolute Gasteiger partial charge is 0.240 e. The van der Waals surface area contributed by atoms with Crippen molar-refractivity contribution in [1.29, 1.82) is 0 Å². The summed E-state index contributed by atoms with van der Waals surface area (Å²) in [7, 11) is 0. The van der Waals surface area contributed by atoms with E-state index >= 15 is 0 Å². The third-order valence-corrected chi connectivity index (χ3v) is 4.57. The monoisotopic (exact) mass is 330 g/mol. The fourth-order valence-electron chi connectivity index (χ4n) is 3.26. The molecule has 1 aromatic rings. The molecular formula is C18H19FN2O3. The van der Waals surface area contributed by atoms with Crippen LogP contribution in [0.2, 0.25) is 0 Å². The Hall–Kier alpha value is -2.50. The molecule has 1 aliphatic heterocycles. The first-order valence-electron chi connectivity index (χ1n) is 8.08. The summed E-state index contributed by atoms with van der Waals surface area (Å²) in [6.45, 7) is -0.00760. The van der Waals surface area contributed by atoms with Crippen molar-refractivity contribution in [2.75, 3.05) is 13.1 Å². The predicted octanol–water partition coefficient (Wildman–Crippen LogP) is 1.44. The average Bonchev–Trinajstić information content (AvgIpc) is 2.82. The molecule has 1 N–H and O–H groups in total. The molecule has 1 aliphatic carbocycles. The largest absolute Gasteiger partial charge is 0.354 e. The van der Waals surface area contributed by atoms with Gasteiger partial charge in [0.2, 0.25) is 17.7 Å². The number of imide groups is 1. The lowest BCUT2D eigenvalue weighted by molar-refractivity contribution is -0.143. The maximum Gasteiger partial charge on any atom is 0.240 e. The lowest BCUT2D eigenvalue weighted by atomic mass is 9.85. The Labute approximate surface area is 139 Å². The highest BCUT2D eigenvalue weighted by Crippen LogP contribution is 2.34. The van der Waals surface area contributed by atoms with Crippen LogP contribution in [0.4, 0.5) is 4.39 Å². The molecule has 24 heavy (non-hydrogen) atoms. The van der Waals surface area contributed by atoms with E-state index in [4.69, 9.17) is 0 Å². The van der Waals surface area contributed by atoms with Crippen molar-refractivity contribution < 1.29 is 18.8 Å². The molecule has 0 bridgehead atoms. The SMILES string of the molecule is O=C(CN1C(=O)C2CC=CCC2C1=O)NCCc1ccccc1F. The highest BCUT2D eigenvalue weighted by atomic mass is 19.1. The maximum atomic E-state index is 13.5. The second kappa shape index (κ2) is 6.95. The van der Waals surface area contributed by atoms with Crippen molar-refractivity contribution in [3.05, 3.63) is 47.8 Å². The molecule has 6 heteroatoms. The van der Waals surface area contributed by atoms with E-state index < -0.39 is 5.91 Å². The van der Waals surface area contributed by atoms with Gasteiger partial charge < -0.3 is 5.32 Å². The number of nitrogens with one attached hydrogen (secondary N) is 1. The quantitative estimate of drug-likeness (QED) is 0.656. The third-order valence-electron chi connectivity index (χ3n) is 4.57. The van der Waals surface area contributed by atoms with Gasteiger partial charge in [-0.3, -0.25) is 19.3 Å². The standard InChI is InChI=1S/C18H19FN2O3/c19-15-8-4-1-5-12(15)9-10-20-16(22)11-21-17(23)13-6-2-3-7-14(13)18(21)24/h1-5,8,13-14H,6-7,9-11H2,(H,20,22). The Morgan fingerprint density at radius 2 is 1.75 bits per heavy atom. The van der Waals surface area contributed by atoms with Crippen molar-refractivity contribution in [2.45, 2.75) is 19.3 Å². The number of fused-ring (bicyclic) bond motifs is 1. The first kappa shape index (κ1) is 16.4. The summed E-state index contributed by atoms with van der Waals surface area (Å²) in [6.07, 6.45) is 5.28. The van der Waals surface area contributed by atoms with Gasteiger partial charge in [-0.15, -0.1) is 0 Å². The first-order valence-corrected chi connectivity index (χ1v) is 8.08. The van der Waals surface area contributed by atoms with Crippen molar-refractivity contribution in [3.63, 3.8) is 0 Å². The number of benzene rings is 1. The number of rotatable bonds is 5. The van der Waals surface area contributed by atoms with Crippen molar-refractivity contribution in [2.24, 2.45) is 11.8 Å². The number of amides is 3. The number of hydrogen-bond donors (Lipinski definition) is 1. The highest BCUT2D eigenvalue weighted by molar-refractivity contribution is 6.07. The van der Waals surface area contributed by atoms with E-state index in [-0.39, 0.29) is 42.6 Å². The Morgan fingerprint density at radius 1 is 1.12 bits per heavy atom. The van der Waals surface area contributed by atoms with Gasteiger partial charge in [0, 0.05) is 6.54 Å². The zero-order valence-corrected chi connectivity index (χ0v) is 13.2. The minimum absolute atomic E-state index is 0.254. The molecule has 2 aliphatic rings. The number of allylic oxidation sites excluding steroid dienone is 2. The summed E-state index contributed by atoms with van der Waals surface area (Å²) in [5, 5.41) is 2.64. The topological polar surface area (TPSA) is 66.5 Å². The second-order valence-corrected chi connectivity index (χ2v) is 6.11. The fraction of sp³-hybridized carbons (Fsp3) is 0.389. The van der Waals surface area contributed by atoms with Gasteiger partial charge in [-0.25, -0.2) is 4.39 Å². The van der Waals surface area contributed by atoms with E-state index in [2.05, 4.69) is 5.32 Å². The number of halogens is 1. The Kier molecular flexibility index (Phi) is 4.74. The Balaban J connectivity index is 1.51. The van der Waals surface area contributed by atoms with Crippen LogP contribution in [0, 0.1) is 17.7 Å². The molecule has 1 fully saturated rings. The number of carbonyl (C=O) groups is 3.